The molecule has 2 rings (SSSR count). The van der Waals surface area contributed by atoms with Gasteiger partial charge >= 0.3 is 12.1 Å². The van der Waals surface area contributed by atoms with Crippen LogP contribution in [-0.4, -0.2) is 17.1 Å². The number of rotatable bonds is 4. The second kappa shape index (κ2) is 4.75. The van der Waals surface area contributed by atoms with E-state index in [-0.39, 0.29) is 6.04 Å². The van der Waals surface area contributed by atoms with E-state index in [1.165, 1.54) is 6.07 Å². The van der Waals surface area contributed by atoms with Crippen molar-refractivity contribution in [3.05, 3.63) is 29.3 Å². The number of carboxylic acid groups (broad SMARTS) is 1. The van der Waals surface area contributed by atoms with Crippen LogP contribution in [0.15, 0.2) is 18.2 Å². The topological polar surface area (TPSA) is 49.3 Å². The fourth-order valence-electron chi connectivity index (χ4n) is 2.15. The number of aromatic carboxylic acids is 1. The average molecular weight is 273 g/mol. The Balaban J connectivity index is 2.24. The molecule has 0 heterocycles. The first-order chi connectivity index (χ1) is 8.82. The number of benzene rings is 1. The van der Waals surface area contributed by atoms with Gasteiger partial charge in [-0.05, 0) is 30.5 Å². The van der Waals surface area contributed by atoms with Crippen LogP contribution in [0.3, 0.4) is 0 Å². The van der Waals surface area contributed by atoms with Crippen LogP contribution >= 0.6 is 0 Å². The molecule has 0 radical (unpaired) electrons. The molecule has 0 bridgehead atoms. The van der Waals surface area contributed by atoms with Crippen LogP contribution in [0.2, 0.25) is 0 Å². The molecule has 0 spiro atoms. The van der Waals surface area contributed by atoms with Crippen molar-refractivity contribution in [1.29, 1.82) is 0 Å². The van der Waals surface area contributed by atoms with Crippen molar-refractivity contribution < 1.29 is 23.1 Å². The summed E-state index contributed by atoms with van der Waals surface area (Å²) in [5.74, 6) is -1.05. The lowest BCUT2D eigenvalue weighted by Gasteiger charge is -2.13. The number of nitrogens with one attached hydrogen (secondary N) is 1. The van der Waals surface area contributed by atoms with Gasteiger partial charge < -0.3 is 10.4 Å². The summed E-state index contributed by atoms with van der Waals surface area (Å²) < 4.78 is 37.9. The van der Waals surface area contributed by atoms with Gasteiger partial charge in [-0.2, -0.15) is 13.2 Å². The maximum absolute atomic E-state index is 12.6. The van der Waals surface area contributed by atoms with Crippen LogP contribution in [0.5, 0.6) is 0 Å². The van der Waals surface area contributed by atoms with Crippen LogP contribution in [-0.2, 0) is 6.18 Å². The Morgan fingerprint density at radius 3 is 2.63 bits per heavy atom. The average Bonchev–Trinajstić information content (AvgIpc) is 3.06. The Bertz CT molecular complexity index is 499. The molecule has 0 saturated heterocycles. The van der Waals surface area contributed by atoms with Crippen LogP contribution in [0, 0.1) is 5.92 Å². The second-order valence-electron chi connectivity index (χ2n) is 4.72. The summed E-state index contributed by atoms with van der Waals surface area (Å²) in [6, 6.07) is 3.38. The first-order valence-corrected chi connectivity index (χ1v) is 6.04. The molecule has 3 nitrogen and oxygen atoms in total. The molecular formula is C13H14F3NO2. The third-order valence-corrected chi connectivity index (χ3v) is 3.35. The molecule has 0 aromatic heterocycles. The zero-order chi connectivity index (χ0) is 14.2. The number of hydrogen-bond donors (Lipinski definition) is 2. The van der Waals surface area contributed by atoms with Crippen LogP contribution < -0.4 is 5.32 Å². The van der Waals surface area contributed by atoms with Gasteiger partial charge in [-0.25, -0.2) is 4.79 Å². The van der Waals surface area contributed by atoms with Gasteiger partial charge in [-0.1, -0.05) is 13.3 Å². The molecule has 104 valence electrons. The third kappa shape index (κ3) is 3.00. The normalized spacial score (nSPS) is 22.1. The minimum atomic E-state index is -4.65. The highest BCUT2D eigenvalue weighted by atomic mass is 19.4. The summed E-state index contributed by atoms with van der Waals surface area (Å²) in [4.78, 5) is 10.9. The fourth-order valence-corrected chi connectivity index (χ4v) is 2.15. The minimum absolute atomic E-state index is 0.239. The number of carbonyl (C=O) groups is 1. The Morgan fingerprint density at radius 1 is 1.47 bits per heavy atom. The molecule has 6 heteroatoms. The van der Waals surface area contributed by atoms with Crippen molar-refractivity contribution in [2.24, 2.45) is 5.92 Å². The Morgan fingerprint density at radius 2 is 2.16 bits per heavy atom. The van der Waals surface area contributed by atoms with E-state index < -0.39 is 23.3 Å². The number of alkyl halides is 3. The van der Waals surface area contributed by atoms with Gasteiger partial charge in [-0.3, -0.25) is 0 Å². The predicted octanol–water partition coefficient (Wildman–Crippen LogP) is 3.61. The minimum Gasteiger partial charge on any atom is -0.478 e. The summed E-state index contributed by atoms with van der Waals surface area (Å²) in [6.07, 6.45) is -2.68. The molecule has 2 unspecified atom stereocenters. The maximum Gasteiger partial charge on any atom is 0.417 e. The first-order valence-electron chi connectivity index (χ1n) is 6.04. The Hall–Kier alpha value is -1.72. The van der Waals surface area contributed by atoms with Crippen LogP contribution in [0.1, 0.15) is 35.7 Å². The van der Waals surface area contributed by atoms with Gasteiger partial charge in [0.25, 0.3) is 0 Å². The van der Waals surface area contributed by atoms with E-state index in [1.54, 1.807) is 0 Å². The number of anilines is 1. The van der Waals surface area contributed by atoms with Crippen molar-refractivity contribution in [2.45, 2.75) is 32.0 Å². The maximum atomic E-state index is 12.6. The summed E-state index contributed by atoms with van der Waals surface area (Å²) in [7, 11) is 0. The number of halogens is 3. The van der Waals surface area contributed by atoms with Gasteiger partial charge in [0.2, 0.25) is 0 Å². The molecule has 1 aliphatic carbocycles. The molecule has 1 aliphatic rings. The fraction of sp³-hybridized carbons (Fsp3) is 0.462. The zero-order valence-electron chi connectivity index (χ0n) is 10.3. The number of hydrogen-bond acceptors (Lipinski definition) is 2. The third-order valence-electron chi connectivity index (χ3n) is 3.35. The SMILES string of the molecule is CCC1CC1Nc1ccc(C(F)(F)F)c(C(=O)O)c1. The van der Waals surface area contributed by atoms with Crippen molar-refractivity contribution in [3.8, 4) is 0 Å². The van der Waals surface area contributed by atoms with Gasteiger partial charge in [0, 0.05) is 11.7 Å². The highest BCUT2D eigenvalue weighted by Crippen LogP contribution is 2.38. The highest BCUT2D eigenvalue weighted by molar-refractivity contribution is 5.91. The molecule has 2 atom stereocenters. The van der Waals surface area contributed by atoms with E-state index in [0.717, 1.165) is 25.0 Å². The van der Waals surface area contributed by atoms with Crippen molar-refractivity contribution >= 4 is 11.7 Å². The zero-order valence-corrected chi connectivity index (χ0v) is 10.3. The molecule has 19 heavy (non-hydrogen) atoms. The lowest BCUT2D eigenvalue weighted by molar-refractivity contribution is -0.138. The molecular weight excluding hydrogens is 259 g/mol. The van der Waals surface area contributed by atoms with Crippen molar-refractivity contribution in [1.82, 2.24) is 0 Å². The highest BCUT2D eigenvalue weighted by Gasteiger charge is 2.37. The molecule has 1 aromatic rings. The molecule has 0 amide bonds. The van der Waals surface area contributed by atoms with Gasteiger partial charge in [-0.15, -0.1) is 0 Å². The molecule has 0 aliphatic heterocycles. The molecule has 1 fully saturated rings. The predicted molar refractivity (Wildman–Crippen MR) is 64.2 cm³/mol. The van der Waals surface area contributed by atoms with E-state index in [1.807, 2.05) is 6.92 Å². The smallest absolute Gasteiger partial charge is 0.417 e. The lowest BCUT2D eigenvalue weighted by atomic mass is 10.1. The van der Waals surface area contributed by atoms with E-state index in [9.17, 15) is 18.0 Å². The standard InChI is InChI=1S/C13H14F3NO2/c1-2-7-5-11(7)17-8-3-4-10(13(14,15)16)9(6-8)12(18)19/h3-4,6-7,11,17H,2,5H2,1H3,(H,18,19). The van der Waals surface area contributed by atoms with Crippen LogP contribution in [0.4, 0.5) is 18.9 Å². The summed E-state index contributed by atoms with van der Waals surface area (Å²) in [5.41, 5.74) is -1.41. The number of carboxylic acids is 1. The van der Waals surface area contributed by atoms with Crippen molar-refractivity contribution in [2.75, 3.05) is 5.32 Å². The van der Waals surface area contributed by atoms with E-state index in [2.05, 4.69) is 5.32 Å². The summed E-state index contributed by atoms with van der Waals surface area (Å²) >= 11 is 0. The first kappa shape index (κ1) is 13.7. The van der Waals surface area contributed by atoms with Gasteiger partial charge in [0.15, 0.2) is 0 Å². The van der Waals surface area contributed by atoms with E-state index >= 15 is 0 Å². The van der Waals surface area contributed by atoms with Crippen molar-refractivity contribution in [3.63, 3.8) is 0 Å². The summed E-state index contributed by atoms with van der Waals surface area (Å²) in [5, 5.41) is 11.9. The van der Waals surface area contributed by atoms with E-state index in [4.69, 9.17) is 5.11 Å². The Kier molecular flexibility index (Phi) is 3.43. The monoisotopic (exact) mass is 273 g/mol. The lowest BCUT2D eigenvalue weighted by Crippen LogP contribution is -2.14. The van der Waals surface area contributed by atoms with Gasteiger partial charge in [0.05, 0.1) is 11.1 Å². The quantitative estimate of drug-likeness (QED) is 0.881. The second-order valence-corrected chi connectivity index (χ2v) is 4.72. The van der Waals surface area contributed by atoms with E-state index in [0.29, 0.717) is 11.6 Å². The Labute approximate surface area is 108 Å². The molecule has 1 aromatic carbocycles. The largest absolute Gasteiger partial charge is 0.478 e. The van der Waals surface area contributed by atoms with Crippen LogP contribution in [0.25, 0.3) is 0 Å². The molecule has 1 saturated carbocycles. The van der Waals surface area contributed by atoms with Gasteiger partial charge in [0.1, 0.15) is 0 Å². The molecule has 2 N–H and O–H groups in total. The summed E-state index contributed by atoms with van der Waals surface area (Å²) in [6.45, 7) is 2.04.